The van der Waals surface area contributed by atoms with Gasteiger partial charge in [0.05, 0.1) is 23.2 Å². The Bertz CT molecular complexity index is 582. The SMILES string of the molecule is Cc1c(C(=O)N(CC(C)C(=O)O)C2CC2)cnn1C(C)(C)C. The van der Waals surface area contributed by atoms with Crippen molar-refractivity contribution in [3.8, 4) is 0 Å². The van der Waals surface area contributed by atoms with Gasteiger partial charge in [0.1, 0.15) is 0 Å². The topological polar surface area (TPSA) is 75.4 Å². The Balaban J connectivity index is 2.25. The van der Waals surface area contributed by atoms with Crippen molar-refractivity contribution >= 4 is 11.9 Å². The van der Waals surface area contributed by atoms with Gasteiger partial charge in [0, 0.05) is 18.3 Å². The summed E-state index contributed by atoms with van der Waals surface area (Å²) in [5.41, 5.74) is 1.20. The van der Waals surface area contributed by atoms with Gasteiger partial charge in [-0.15, -0.1) is 0 Å². The van der Waals surface area contributed by atoms with Crippen LogP contribution in [0.3, 0.4) is 0 Å². The number of hydrogen-bond donors (Lipinski definition) is 1. The van der Waals surface area contributed by atoms with Crippen molar-refractivity contribution in [1.82, 2.24) is 14.7 Å². The third kappa shape index (κ3) is 3.31. The molecule has 1 fully saturated rings. The molecule has 1 saturated carbocycles. The van der Waals surface area contributed by atoms with Crippen molar-refractivity contribution in [3.05, 3.63) is 17.5 Å². The second kappa shape index (κ2) is 5.74. The van der Waals surface area contributed by atoms with E-state index in [1.54, 1.807) is 18.0 Å². The largest absolute Gasteiger partial charge is 0.481 e. The molecule has 2 rings (SSSR count). The number of nitrogens with zero attached hydrogens (tertiary/aromatic N) is 3. The van der Waals surface area contributed by atoms with Gasteiger partial charge in [-0.2, -0.15) is 5.10 Å². The molecular formula is C16H25N3O3. The first-order valence-electron chi connectivity index (χ1n) is 7.71. The van der Waals surface area contributed by atoms with E-state index in [0.717, 1.165) is 18.5 Å². The maximum atomic E-state index is 12.8. The first-order valence-corrected chi connectivity index (χ1v) is 7.71. The zero-order valence-corrected chi connectivity index (χ0v) is 14.0. The van der Waals surface area contributed by atoms with Crippen molar-refractivity contribution in [3.63, 3.8) is 0 Å². The van der Waals surface area contributed by atoms with Crippen LogP contribution in [0.5, 0.6) is 0 Å². The number of carboxylic acid groups (broad SMARTS) is 1. The highest BCUT2D eigenvalue weighted by Crippen LogP contribution is 2.30. The summed E-state index contributed by atoms with van der Waals surface area (Å²) in [5.74, 6) is -1.55. The number of amides is 1. The summed E-state index contributed by atoms with van der Waals surface area (Å²) in [5, 5.41) is 13.4. The Morgan fingerprint density at radius 2 is 2.05 bits per heavy atom. The zero-order chi connectivity index (χ0) is 16.7. The maximum Gasteiger partial charge on any atom is 0.308 e. The Morgan fingerprint density at radius 1 is 1.45 bits per heavy atom. The predicted octanol–water partition coefficient (Wildman–Crippen LogP) is 2.27. The van der Waals surface area contributed by atoms with Gasteiger partial charge < -0.3 is 10.0 Å². The molecule has 1 unspecified atom stereocenters. The number of aliphatic carboxylic acids is 1. The van der Waals surface area contributed by atoms with Crippen LogP contribution in [0.1, 0.15) is 56.6 Å². The number of aromatic nitrogens is 2. The first-order chi connectivity index (χ1) is 10.1. The van der Waals surface area contributed by atoms with Crippen molar-refractivity contribution in [2.24, 2.45) is 5.92 Å². The molecule has 0 bridgehead atoms. The number of carbonyl (C=O) groups is 2. The van der Waals surface area contributed by atoms with Gasteiger partial charge >= 0.3 is 5.97 Å². The summed E-state index contributed by atoms with van der Waals surface area (Å²) in [6.07, 6.45) is 3.50. The Morgan fingerprint density at radius 3 is 2.45 bits per heavy atom. The van der Waals surface area contributed by atoms with Crippen LogP contribution in [0.15, 0.2) is 6.20 Å². The average molecular weight is 307 g/mol. The third-order valence-electron chi connectivity index (χ3n) is 4.02. The van der Waals surface area contributed by atoms with Gasteiger partial charge in [-0.3, -0.25) is 14.3 Å². The smallest absolute Gasteiger partial charge is 0.308 e. The van der Waals surface area contributed by atoms with E-state index >= 15 is 0 Å². The van der Waals surface area contributed by atoms with E-state index < -0.39 is 11.9 Å². The maximum absolute atomic E-state index is 12.8. The fourth-order valence-electron chi connectivity index (χ4n) is 2.61. The lowest BCUT2D eigenvalue weighted by molar-refractivity contribution is -0.141. The molecule has 1 aliphatic carbocycles. The van der Waals surface area contributed by atoms with Crippen LogP contribution in [0.4, 0.5) is 0 Å². The van der Waals surface area contributed by atoms with Crippen LogP contribution >= 0.6 is 0 Å². The van der Waals surface area contributed by atoms with Gasteiger partial charge in [0.25, 0.3) is 5.91 Å². The van der Waals surface area contributed by atoms with Crippen molar-refractivity contribution in [1.29, 1.82) is 0 Å². The van der Waals surface area contributed by atoms with Crippen LogP contribution in [0, 0.1) is 12.8 Å². The molecule has 1 amide bonds. The molecule has 0 aromatic carbocycles. The van der Waals surface area contributed by atoms with E-state index in [2.05, 4.69) is 5.10 Å². The average Bonchev–Trinajstić information content (AvgIpc) is 3.15. The van der Waals surface area contributed by atoms with E-state index in [0.29, 0.717) is 5.56 Å². The molecule has 1 aromatic heterocycles. The molecule has 6 nitrogen and oxygen atoms in total. The van der Waals surface area contributed by atoms with Crippen LogP contribution in [-0.4, -0.2) is 44.3 Å². The van der Waals surface area contributed by atoms with E-state index in [-0.39, 0.29) is 24.0 Å². The Labute approximate surface area is 131 Å². The summed E-state index contributed by atoms with van der Waals surface area (Å²) in [6, 6.07) is 0.173. The number of rotatable bonds is 5. The van der Waals surface area contributed by atoms with E-state index in [9.17, 15) is 9.59 Å². The monoisotopic (exact) mass is 307 g/mol. The van der Waals surface area contributed by atoms with Crippen molar-refractivity contribution in [2.75, 3.05) is 6.54 Å². The van der Waals surface area contributed by atoms with Crippen LogP contribution in [-0.2, 0) is 10.3 Å². The first kappa shape index (κ1) is 16.5. The summed E-state index contributed by atoms with van der Waals surface area (Å²) >= 11 is 0. The van der Waals surface area contributed by atoms with Crippen molar-refractivity contribution < 1.29 is 14.7 Å². The molecule has 0 saturated heterocycles. The van der Waals surface area contributed by atoms with Crippen LogP contribution in [0.25, 0.3) is 0 Å². The van der Waals surface area contributed by atoms with Crippen LogP contribution in [0.2, 0.25) is 0 Å². The summed E-state index contributed by atoms with van der Waals surface area (Å²) < 4.78 is 1.84. The number of carboxylic acids is 1. The molecule has 0 radical (unpaired) electrons. The highest BCUT2D eigenvalue weighted by Gasteiger charge is 2.36. The molecule has 0 aliphatic heterocycles. The highest BCUT2D eigenvalue weighted by atomic mass is 16.4. The van der Waals surface area contributed by atoms with Gasteiger partial charge in [0.15, 0.2) is 0 Å². The second-order valence-electron chi connectivity index (χ2n) is 7.15. The fourth-order valence-corrected chi connectivity index (χ4v) is 2.61. The standard InChI is InChI=1S/C16H25N3O3/c1-10(15(21)22)9-18(12-6-7-12)14(20)13-8-17-19(11(13)2)16(3,4)5/h8,10,12H,6-7,9H2,1-5H3,(H,21,22). The summed E-state index contributed by atoms with van der Waals surface area (Å²) in [4.78, 5) is 25.6. The molecule has 6 heteroatoms. The van der Waals surface area contributed by atoms with Gasteiger partial charge in [-0.25, -0.2) is 0 Å². The van der Waals surface area contributed by atoms with E-state index in [4.69, 9.17) is 5.11 Å². The van der Waals surface area contributed by atoms with E-state index in [1.165, 1.54) is 0 Å². The van der Waals surface area contributed by atoms with Gasteiger partial charge in [0.2, 0.25) is 0 Å². The second-order valence-corrected chi connectivity index (χ2v) is 7.15. The molecule has 1 N–H and O–H groups in total. The summed E-state index contributed by atoms with van der Waals surface area (Å²) in [6.45, 7) is 9.87. The Hall–Kier alpha value is -1.85. The minimum Gasteiger partial charge on any atom is -0.481 e. The Kier molecular flexibility index (Phi) is 4.31. The normalized spacial score (nSPS) is 16.4. The zero-order valence-electron chi connectivity index (χ0n) is 14.0. The lowest BCUT2D eigenvalue weighted by atomic mass is 10.1. The number of hydrogen-bond acceptors (Lipinski definition) is 3. The lowest BCUT2D eigenvalue weighted by Gasteiger charge is -2.25. The fraction of sp³-hybridized carbons (Fsp3) is 0.688. The van der Waals surface area contributed by atoms with Crippen molar-refractivity contribution in [2.45, 2.75) is 59.0 Å². The summed E-state index contributed by atoms with van der Waals surface area (Å²) in [7, 11) is 0. The third-order valence-corrected chi connectivity index (χ3v) is 4.02. The lowest BCUT2D eigenvalue weighted by Crippen LogP contribution is -2.39. The quantitative estimate of drug-likeness (QED) is 0.905. The molecule has 1 aliphatic rings. The molecule has 0 spiro atoms. The molecule has 1 atom stereocenters. The number of carbonyl (C=O) groups excluding carboxylic acids is 1. The minimum absolute atomic E-state index is 0.108. The minimum atomic E-state index is -0.874. The highest BCUT2D eigenvalue weighted by molar-refractivity contribution is 5.95. The molecule has 1 aromatic rings. The molecule has 1 heterocycles. The van der Waals surface area contributed by atoms with Gasteiger partial charge in [-0.1, -0.05) is 6.92 Å². The molecular weight excluding hydrogens is 282 g/mol. The van der Waals surface area contributed by atoms with Gasteiger partial charge in [-0.05, 0) is 40.5 Å². The molecule has 22 heavy (non-hydrogen) atoms. The predicted molar refractivity (Wildman–Crippen MR) is 82.8 cm³/mol. The van der Waals surface area contributed by atoms with E-state index in [1.807, 2.05) is 32.4 Å². The van der Waals surface area contributed by atoms with Crippen LogP contribution < -0.4 is 0 Å². The molecule has 122 valence electrons.